The van der Waals surface area contributed by atoms with Gasteiger partial charge in [-0.2, -0.15) is 0 Å². The number of amides is 1. The van der Waals surface area contributed by atoms with E-state index < -0.39 is 0 Å². The molecule has 0 spiro atoms. The first kappa shape index (κ1) is 9.06. The van der Waals surface area contributed by atoms with Gasteiger partial charge >= 0.3 is 0 Å². The maximum atomic E-state index is 11.7. The lowest BCUT2D eigenvalue weighted by Gasteiger charge is -2.34. The van der Waals surface area contributed by atoms with Gasteiger partial charge in [0.05, 0.1) is 17.9 Å². The summed E-state index contributed by atoms with van der Waals surface area (Å²) in [5.41, 5.74) is 2.16. The highest BCUT2D eigenvalue weighted by Gasteiger charge is 2.25. The number of nitrogens with zero attached hydrogens (tertiary/aromatic N) is 2. The van der Waals surface area contributed by atoms with Crippen LogP contribution in [0.5, 0.6) is 0 Å². The number of carbonyl (C=O) groups excluding carboxylic acids is 1. The van der Waals surface area contributed by atoms with Gasteiger partial charge in [-0.1, -0.05) is 12.1 Å². The van der Waals surface area contributed by atoms with Crippen LogP contribution in [0, 0.1) is 0 Å². The van der Waals surface area contributed by atoms with Crippen LogP contribution in [0.4, 0.5) is 11.4 Å². The second-order valence-electron chi connectivity index (χ2n) is 3.48. The van der Waals surface area contributed by atoms with Gasteiger partial charge in [0.1, 0.15) is 0 Å². The van der Waals surface area contributed by atoms with E-state index in [4.69, 9.17) is 0 Å². The molecule has 0 saturated heterocycles. The Balaban J connectivity index is 2.50. The molecule has 1 heterocycles. The Morgan fingerprint density at radius 3 is 2.57 bits per heavy atom. The summed E-state index contributed by atoms with van der Waals surface area (Å²) in [6, 6.07) is 8.00. The SMILES string of the molecule is CCN1C(=O)CN(C)c2ccccc21. The number of para-hydroxylation sites is 2. The van der Waals surface area contributed by atoms with Crippen LogP contribution in [0.15, 0.2) is 24.3 Å². The Morgan fingerprint density at radius 2 is 1.93 bits per heavy atom. The quantitative estimate of drug-likeness (QED) is 0.669. The molecule has 1 aromatic carbocycles. The van der Waals surface area contributed by atoms with Gasteiger partial charge < -0.3 is 9.80 Å². The summed E-state index contributed by atoms with van der Waals surface area (Å²) in [6.07, 6.45) is 0. The standard InChI is InChI=1S/C11H14N2O/c1-3-13-10-7-5-4-6-9(10)12(2)8-11(13)14/h4-7H,3,8H2,1-2H3. The third-order valence-corrected chi connectivity index (χ3v) is 2.57. The lowest BCUT2D eigenvalue weighted by molar-refractivity contribution is -0.117. The predicted octanol–water partition coefficient (Wildman–Crippen LogP) is 1.49. The molecule has 0 aliphatic carbocycles. The van der Waals surface area contributed by atoms with Crippen molar-refractivity contribution >= 4 is 17.3 Å². The summed E-state index contributed by atoms with van der Waals surface area (Å²) >= 11 is 0. The van der Waals surface area contributed by atoms with E-state index in [2.05, 4.69) is 0 Å². The Morgan fingerprint density at radius 1 is 1.29 bits per heavy atom. The van der Waals surface area contributed by atoms with Gasteiger partial charge in [-0.25, -0.2) is 0 Å². The van der Waals surface area contributed by atoms with Crippen LogP contribution in [0.3, 0.4) is 0 Å². The van der Waals surface area contributed by atoms with E-state index in [1.165, 1.54) is 0 Å². The van der Waals surface area contributed by atoms with Crippen molar-refractivity contribution < 1.29 is 4.79 Å². The fraction of sp³-hybridized carbons (Fsp3) is 0.364. The molecule has 0 saturated carbocycles. The normalized spacial score (nSPS) is 15.7. The van der Waals surface area contributed by atoms with Gasteiger partial charge in [-0.05, 0) is 19.1 Å². The van der Waals surface area contributed by atoms with Gasteiger partial charge in [-0.15, -0.1) is 0 Å². The highest BCUT2D eigenvalue weighted by atomic mass is 16.2. The first-order valence-electron chi connectivity index (χ1n) is 4.84. The molecule has 1 aromatic rings. The largest absolute Gasteiger partial charge is 0.364 e. The van der Waals surface area contributed by atoms with Crippen molar-refractivity contribution in [3.8, 4) is 0 Å². The monoisotopic (exact) mass is 190 g/mol. The number of benzene rings is 1. The number of hydrogen-bond acceptors (Lipinski definition) is 2. The van der Waals surface area contributed by atoms with Crippen molar-refractivity contribution in [2.45, 2.75) is 6.92 Å². The molecule has 14 heavy (non-hydrogen) atoms. The summed E-state index contributed by atoms with van der Waals surface area (Å²) in [4.78, 5) is 15.5. The molecule has 0 atom stereocenters. The van der Waals surface area contributed by atoms with Crippen LogP contribution in [0.25, 0.3) is 0 Å². The number of anilines is 2. The molecule has 74 valence electrons. The number of fused-ring (bicyclic) bond motifs is 1. The summed E-state index contributed by atoms with van der Waals surface area (Å²) in [5.74, 6) is 0.175. The highest BCUT2D eigenvalue weighted by molar-refractivity contribution is 6.02. The van der Waals surface area contributed by atoms with E-state index in [0.29, 0.717) is 6.54 Å². The Bertz CT molecular complexity index is 362. The molecule has 0 N–H and O–H groups in total. The van der Waals surface area contributed by atoms with Gasteiger partial charge in [0.2, 0.25) is 5.91 Å². The molecule has 2 rings (SSSR count). The van der Waals surface area contributed by atoms with Crippen molar-refractivity contribution in [3.63, 3.8) is 0 Å². The second kappa shape index (κ2) is 3.33. The van der Waals surface area contributed by atoms with Crippen molar-refractivity contribution in [3.05, 3.63) is 24.3 Å². The topological polar surface area (TPSA) is 23.6 Å². The van der Waals surface area contributed by atoms with Gasteiger partial charge in [0, 0.05) is 13.6 Å². The zero-order chi connectivity index (χ0) is 10.1. The molecule has 0 unspecified atom stereocenters. The average molecular weight is 190 g/mol. The van der Waals surface area contributed by atoms with Crippen LogP contribution < -0.4 is 9.80 Å². The van der Waals surface area contributed by atoms with E-state index in [1.54, 1.807) is 0 Å². The fourth-order valence-electron chi connectivity index (χ4n) is 1.87. The van der Waals surface area contributed by atoms with Gasteiger partial charge in [0.25, 0.3) is 0 Å². The van der Waals surface area contributed by atoms with Crippen LogP contribution in [-0.4, -0.2) is 26.0 Å². The van der Waals surface area contributed by atoms with Gasteiger partial charge in [-0.3, -0.25) is 4.79 Å². The van der Waals surface area contributed by atoms with Gasteiger partial charge in [0.15, 0.2) is 0 Å². The third-order valence-electron chi connectivity index (χ3n) is 2.57. The summed E-state index contributed by atoms with van der Waals surface area (Å²) in [5, 5.41) is 0. The first-order valence-corrected chi connectivity index (χ1v) is 4.84. The molecular formula is C11H14N2O. The molecule has 1 amide bonds. The molecular weight excluding hydrogens is 176 g/mol. The molecule has 0 fully saturated rings. The molecule has 1 aliphatic rings. The summed E-state index contributed by atoms with van der Waals surface area (Å²) < 4.78 is 0. The minimum atomic E-state index is 0.175. The van der Waals surface area contributed by atoms with E-state index >= 15 is 0 Å². The zero-order valence-corrected chi connectivity index (χ0v) is 8.53. The highest BCUT2D eigenvalue weighted by Crippen LogP contribution is 2.31. The predicted molar refractivity (Wildman–Crippen MR) is 57.7 cm³/mol. The minimum absolute atomic E-state index is 0.175. The van der Waals surface area contributed by atoms with Crippen LogP contribution in [-0.2, 0) is 4.79 Å². The Labute approximate surface area is 83.9 Å². The van der Waals surface area contributed by atoms with Crippen LogP contribution in [0.2, 0.25) is 0 Å². The Hall–Kier alpha value is -1.51. The van der Waals surface area contributed by atoms with Crippen molar-refractivity contribution in [2.75, 3.05) is 29.9 Å². The number of carbonyl (C=O) groups is 1. The third kappa shape index (κ3) is 1.25. The second-order valence-corrected chi connectivity index (χ2v) is 3.48. The lowest BCUT2D eigenvalue weighted by Crippen LogP contribution is -2.44. The molecule has 0 aromatic heterocycles. The maximum Gasteiger partial charge on any atom is 0.246 e. The molecule has 0 radical (unpaired) electrons. The van der Waals surface area contributed by atoms with Crippen molar-refractivity contribution in [1.82, 2.24) is 0 Å². The smallest absolute Gasteiger partial charge is 0.246 e. The van der Waals surface area contributed by atoms with Crippen LogP contribution >= 0.6 is 0 Å². The van der Waals surface area contributed by atoms with Crippen LogP contribution in [0.1, 0.15) is 6.92 Å². The van der Waals surface area contributed by atoms with E-state index in [1.807, 2.05) is 48.0 Å². The molecule has 0 bridgehead atoms. The van der Waals surface area contributed by atoms with E-state index in [-0.39, 0.29) is 5.91 Å². The van der Waals surface area contributed by atoms with E-state index in [0.717, 1.165) is 17.9 Å². The first-order chi connectivity index (χ1) is 6.74. The molecule has 1 aliphatic heterocycles. The number of likely N-dealkylation sites (N-methyl/N-ethyl adjacent to an activating group) is 2. The molecule has 3 nitrogen and oxygen atoms in total. The fourth-order valence-corrected chi connectivity index (χ4v) is 1.87. The number of rotatable bonds is 1. The minimum Gasteiger partial charge on any atom is -0.364 e. The average Bonchev–Trinajstić information content (AvgIpc) is 2.18. The van der Waals surface area contributed by atoms with Crippen molar-refractivity contribution in [2.24, 2.45) is 0 Å². The lowest BCUT2D eigenvalue weighted by atomic mass is 10.1. The van der Waals surface area contributed by atoms with E-state index in [9.17, 15) is 4.79 Å². The van der Waals surface area contributed by atoms with Crippen molar-refractivity contribution in [1.29, 1.82) is 0 Å². The maximum absolute atomic E-state index is 11.7. The summed E-state index contributed by atoms with van der Waals surface area (Å²) in [6.45, 7) is 3.22. The number of hydrogen-bond donors (Lipinski definition) is 0. The Kier molecular flexibility index (Phi) is 2.15. The zero-order valence-electron chi connectivity index (χ0n) is 8.53. The molecule has 3 heteroatoms. The summed E-state index contributed by atoms with van der Waals surface area (Å²) in [7, 11) is 1.95.